The molecule has 0 aromatic heterocycles. The summed E-state index contributed by atoms with van der Waals surface area (Å²) in [4.78, 5) is 15.1. The molecule has 8 atom stereocenters. The van der Waals surface area contributed by atoms with E-state index in [1.807, 2.05) is 0 Å². The van der Waals surface area contributed by atoms with Crippen molar-refractivity contribution in [2.24, 2.45) is 46.3 Å². The molecule has 4 rings (SSSR count). The Morgan fingerprint density at radius 1 is 0.975 bits per heavy atom. The molecule has 0 aromatic carbocycles. The normalized spacial score (nSPS) is 36.3. The highest BCUT2D eigenvalue weighted by Crippen LogP contribution is 2.67. The van der Waals surface area contributed by atoms with Crippen molar-refractivity contribution in [2.75, 3.05) is 13.1 Å². The van der Waals surface area contributed by atoms with E-state index in [0.29, 0.717) is 29.5 Å². The molecule has 4 heteroatoms. The molecule has 0 spiro atoms. The average Bonchev–Trinajstić information content (AvgIpc) is 3.23. The summed E-state index contributed by atoms with van der Waals surface area (Å²) >= 11 is 0. The Hall–Kier alpha value is -1.03. The van der Waals surface area contributed by atoms with Gasteiger partial charge in [0.15, 0.2) is 0 Å². The molecule has 0 aliphatic heterocycles. The van der Waals surface area contributed by atoms with Crippen LogP contribution >= 0.6 is 0 Å². The van der Waals surface area contributed by atoms with E-state index >= 15 is 0 Å². The molecular formula is C36H64N2O2. The summed E-state index contributed by atoms with van der Waals surface area (Å²) in [6.07, 6.45) is 16.7. The zero-order valence-corrected chi connectivity index (χ0v) is 27.7. The van der Waals surface area contributed by atoms with Gasteiger partial charge in [0.2, 0.25) is 0 Å². The second-order valence-electron chi connectivity index (χ2n) is 15.9. The number of allylic oxidation sites excluding steroid dienone is 1. The Balaban J connectivity index is 1.33. The Labute approximate surface area is 247 Å². The maximum atomic E-state index is 12.7. The van der Waals surface area contributed by atoms with E-state index in [1.54, 1.807) is 5.57 Å². The number of ether oxygens (including phenoxy) is 1. The van der Waals surface area contributed by atoms with E-state index in [9.17, 15) is 4.79 Å². The van der Waals surface area contributed by atoms with Gasteiger partial charge in [-0.3, -0.25) is 4.90 Å². The summed E-state index contributed by atoms with van der Waals surface area (Å²) in [5.41, 5.74) is 2.44. The third-order valence-electron chi connectivity index (χ3n) is 12.5. The number of nitrogens with zero attached hydrogens (tertiary/aromatic N) is 1. The lowest BCUT2D eigenvalue weighted by Crippen LogP contribution is -2.51. The van der Waals surface area contributed by atoms with Gasteiger partial charge < -0.3 is 10.1 Å². The molecule has 4 aliphatic rings. The summed E-state index contributed by atoms with van der Waals surface area (Å²) in [6, 6.07) is 0.948. The highest BCUT2D eigenvalue weighted by atomic mass is 16.6. The van der Waals surface area contributed by atoms with E-state index in [2.05, 4.69) is 78.6 Å². The smallest absolute Gasteiger partial charge is 0.407 e. The summed E-state index contributed by atoms with van der Waals surface area (Å²) in [7, 11) is 0. The number of alkyl carbamates (subject to hydrolysis) is 1. The van der Waals surface area contributed by atoms with Gasteiger partial charge in [0.05, 0.1) is 0 Å². The van der Waals surface area contributed by atoms with Gasteiger partial charge in [-0.1, -0.05) is 65.5 Å². The quantitative estimate of drug-likeness (QED) is 0.258. The second-order valence-corrected chi connectivity index (χ2v) is 15.9. The molecule has 0 bridgehead atoms. The maximum Gasteiger partial charge on any atom is 0.407 e. The van der Waals surface area contributed by atoms with Gasteiger partial charge in [-0.25, -0.2) is 4.79 Å². The molecule has 3 saturated carbocycles. The molecule has 0 heterocycles. The second kappa shape index (κ2) is 13.1. The molecular weight excluding hydrogens is 492 g/mol. The van der Waals surface area contributed by atoms with Crippen LogP contribution in [0.5, 0.6) is 0 Å². The molecule has 230 valence electrons. The van der Waals surface area contributed by atoms with Crippen molar-refractivity contribution < 1.29 is 9.53 Å². The van der Waals surface area contributed by atoms with Gasteiger partial charge in [-0.05, 0) is 119 Å². The zero-order valence-electron chi connectivity index (χ0n) is 27.7. The standard InChI is InChI=1S/C36H64N2O2/c1-24(2)11-10-12-27(7)31-15-16-32-30-14-13-28-23-29(17-19-35(28,8)33(30)18-20-36(31,32)9)40-34(39)37-21-22-38(25(3)4)26(5)6/h13,24-27,29-33H,10-12,14-23H2,1-9H3,(H,37,39)/t27-,29+,30+,31-,32+,33+,35+,36-/m1/s1. The number of nitrogens with one attached hydrogen (secondary N) is 1. The van der Waals surface area contributed by atoms with E-state index in [0.717, 1.165) is 54.9 Å². The van der Waals surface area contributed by atoms with Crippen LogP contribution in [0.3, 0.4) is 0 Å². The molecule has 3 fully saturated rings. The molecule has 0 radical (unpaired) electrons. The number of carbonyl (C=O) groups is 1. The first-order valence-electron chi connectivity index (χ1n) is 17.3. The van der Waals surface area contributed by atoms with Gasteiger partial charge in [-0.15, -0.1) is 0 Å². The van der Waals surface area contributed by atoms with E-state index in [4.69, 9.17) is 4.74 Å². The van der Waals surface area contributed by atoms with Crippen molar-refractivity contribution in [3.8, 4) is 0 Å². The topological polar surface area (TPSA) is 41.6 Å². The summed E-state index contributed by atoms with van der Waals surface area (Å²) < 4.78 is 5.99. The van der Waals surface area contributed by atoms with Crippen LogP contribution in [0, 0.1) is 46.3 Å². The average molecular weight is 557 g/mol. The number of rotatable bonds is 11. The SMILES string of the molecule is CC(C)CCC[C@@H](C)[C@H]1CC[C@H]2[C@@H]3CC=C4C[C@@H](OC(=O)NCCN(C(C)C)C(C)C)CC[C@]4(C)[C@H]3CC[C@]12C. The Morgan fingerprint density at radius 3 is 2.38 bits per heavy atom. The predicted molar refractivity (Wildman–Crippen MR) is 168 cm³/mol. The zero-order chi connectivity index (χ0) is 29.2. The number of fused-ring (bicyclic) bond motifs is 5. The molecule has 4 nitrogen and oxygen atoms in total. The lowest BCUT2D eigenvalue weighted by atomic mass is 9.47. The molecule has 0 aromatic rings. The third kappa shape index (κ3) is 6.63. The van der Waals surface area contributed by atoms with Crippen LogP contribution in [-0.4, -0.2) is 42.3 Å². The Kier molecular flexibility index (Phi) is 10.4. The van der Waals surface area contributed by atoms with Crippen LogP contribution in [0.15, 0.2) is 11.6 Å². The van der Waals surface area contributed by atoms with Crippen LogP contribution in [0.2, 0.25) is 0 Å². The number of carbonyl (C=O) groups excluding carboxylic acids is 1. The van der Waals surface area contributed by atoms with Crippen LogP contribution in [0.1, 0.15) is 133 Å². The first-order valence-corrected chi connectivity index (χ1v) is 17.3. The van der Waals surface area contributed by atoms with Gasteiger partial charge in [0, 0.05) is 31.6 Å². The molecule has 4 aliphatic carbocycles. The summed E-state index contributed by atoms with van der Waals surface area (Å²) in [6.45, 7) is 22.9. The van der Waals surface area contributed by atoms with Gasteiger partial charge >= 0.3 is 6.09 Å². The van der Waals surface area contributed by atoms with Crippen molar-refractivity contribution >= 4 is 6.09 Å². The Morgan fingerprint density at radius 2 is 1.70 bits per heavy atom. The molecule has 0 saturated heterocycles. The van der Waals surface area contributed by atoms with Gasteiger partial charge in [-0.2, -0.15) is 0 Å². The first kappa shape index (κ1) is 31.9. The minimum atomic E-state index is -0.233. The van der Waals surface area contributed by atoms with Crippen molar-refractivity contribution in [3.05, 3.63) is 11.6 Å². The van der Waals surface area contributed by atoms with Gasteiger partial charge in [0.25, 0.3) is 0 Å². The Bertz CT molecular complexity index is 872. The fraction of sp³-hybridized carbons (Fsp3) is 0.917. The molecule has 40 heavy (non-hydrogen) atoms. The monoisotopic (exact) mass is 556 g/mol. The number of hydrogen-bond donors (Lipinski definition) is 1. The minimum Gasteiger partial charge on any atom is -0.446 e. The summed E-state index contributed by atoms with van der Waals surface area (Å²) in [5, 5.41) is 3.04. The highest BCUT2D eigenvalue weighted by molar-refractivity contribution is 5.67. The fourth-order valence-corrected chi connectivity index (χ4v) is 10.3. The number of hydrogen-bond acceptors (Lipinski definition) is 3. The van der Waals surface area contributed by atoms with E-state index < -0.39 is 0 Å². The van der Waals surface area contributed by atoms with E-state index in [1.165, 1.54) is 57.8 Å². The van der Waals surface area contributed by atoms with Gasteiger partial charge in [0.1, 0.15) is 6.10 Å². The molecule has 1 N–H and O–H groups in total. The highest BCUT2D eigenvalue weighted by Gasteiger charge is 2.59. The fourth-order valence-electron chi connectivity index (χ4n) is 10.3. The van der Waals surface area contributed by atoms with Crippen LogP contribution in [0.4, 0.5) is 4.79 Å². The predicted octanol–water partition coefficient (Wildman–Crippen LogP) is 9.24. The third-order valence-corrected chi connectivity index (χ3v) is 12.5. The maximum absolute atomic E-state index is 12.7. The molecule has 1 amide bonds. The lowest BCUT2D eigenvalue weighted by molar-refractivity contribution is -0.0581. The minimum absolute atomic E-state index is 0.0265. The summed E-state index contributed by atoms with van der Waals surface area (Å²) in [5.74, 6) is 5.18. The van der Waals surface area contributed by atoms with Crippen molar-refractivity contribution in [3.63, 3.8) is 0 Å². The van der Waals surface area contributed by atoms with Crippen LogP contribution < -0.4 is 5.32 Å². The molecule has 0 unspecified atom stereocenters. The van der Waals surface area contributed by atoms with Crippen molar-refractivity contribution in [2.45, 2.75) is 151 Å². The van der Waals surface area contributed by atoms with E-state index in [-0.39, 0.29) is 12.2 Å². The van der Waals surface area contributed by atoms with Crippen molar-refractivity contribution in [1.82, 2.24) is 10.2 Å². The van der Waals surface area contributed by atoms with Crippen LogP contribution in [-0.2, 0) is 4.74 Å². The van der Waals surface area contributed by atoms with Crippen molar-refractivity contribution in [1.29, 1.82) is 0 Å². The number of amides is 1. The first-order chi connectivity index (χ1) is 18.9. The van der Waals surface area contributed by atoms with Crippen LogP contribution in [0.25, 0.3) is 0 Å². The lowest BCUT2D eigenvalue weighted by Gasteiger charge is -2.58. The largest absolute Gasteiger partial charge is 0.446 e.